The lowest BCUT2D eigenvalue weighted by Crippen LogP contribution is -2.41. The Bertz CT molecular complexity index is 409. The van der Waals surface area contributed by atoms with Gasteiger partial charge in [-0.25, -0.2) is 0 Å². The molecular weight excluding hydrogens is 236 g/mol. The van der Waals surface area contributed by atoms with E-state index in [-0.39, 0.29) is 0 Å². The quantitative estimate of drug-likeness (QED) is 0.790. The summed E-state index contributed by atoms with van der Waals surface area (Å²) in [6.07, 6.45) is 3.37. The van der Waals surface area contributed by atoms with Crippen LogP contribution in [-0.2, 0) is 6.42 Å². The van der Waals surface area contributed by atoms with Crippen LogP contribution in [0.1, 0.15) is 18.4 Å². The molecule has 0 radical (unpaired) electrons. The molecule has 0 atom stereocenters. The molecule has 2 N–H and O–H groups in total. The fourth-order valence-corrected chi connectivity index (χ4v) is 2.11. The highest BCUT2D eigenvalue weighted by molar-refractivity contribution is 5.80. The van der Waals surface area contributed by atoms with Crippen LogP contribution in [0, 0.1) is 0 Å². The summed E-state index contributed by atoms with van der Waals surface area (Å²) >= 11 is 0. The first-order valence-corrected chi connectivity index (χ1v) is 7.04. The van der Waals surface area contributed by atoms with Gasteiger partial charge in [-0.2, -0.15) is 0 Å². The van der Waals surface area contributed by atoms with Gasteiger partial charge in [-0.05, 0) is 37.0 Å². The molecule has 4 nitrogen and oxygen atoms in total. The number of rotatable bonds is 5. The number of benzene rings is 1. The molecule has 0 aromatic heterocycles. The smallest absolute Gasteiger partial charge is 0.191 e. The van der Waals surface area contributed by atoms with E-state index in [4.69, 9.17) is 0 Å². The van der Waals surface area contributed by atoms with E-state index in [1.54, 1.807) is 0 Å². The number of nitrogens with zero attached hydrogens (tertiary/aromatic N) is 2. The van der Waals surface area contributed by atoms with Crippen LogP contribution in [0.25, 0.3) is 0 Å². The Morgan fingerprint density at radius 2 is 2.05 bits per heavy atom. The normalized spacial score (nSPS) is 14.5. The van der Waals surface area contributed by atoms with Crippen LogP contribution in [0.2, 0.25) is 0 Å². The highest BCUT2D eigenvalue weighted by Gasteiger charge is 2.02. The molecule has 0 unspecified atom stereocenters. The summed E-state index contributed by atoms with van der Waals surface area (Å²) in [5, 5.41) is 6.62. The van der Waals surface area contributed by atoms with Crippen molar-refractivity contribution in [2.24, 2.45) is 4.99 Å². The number of anilines is 1. The van der Waals surface area contributed by atoms with E-state index in [0.29, 0.717) is 0 Å². The van der Waals surface area contributed by atoms with Crippen LogP contribution >= 0.6 is 0 Å². The monoisotopic (exact) mass is 260 g/mol. The minimum Gasteiger partial charge on any atom is -0.378 e. The molecule has 0 saturated carbocycles. The molecule has 1 heterocycles. The average Bonchev–Trinajstić information content (AvgIpc) is 2.45. The van der Waals surface area contributed by atoms with Gasteiger partial charge in [0.1, 0.15) is 0 Å². The molecule has 104 valence electrons. The maximum Gasteiger partial charge on any atom is 0.191 e. The van der Waals surface area contributed by atoms with E-state index < -0.39 is 0 Å². The second kappa shape index (κ2) is 7.02. The topological polar surface area (TPSA) is 39.7 Å². The number of nitrogens with one attached hydrogen (secondary N) is 2. The zero-order chi connectivity index (χ0) is 13.5. The maximum absolute atomic E-state index is 4.39. The van der Waals surface area contributed by atoms with Crippen molar-refractivity contribution in [3.8, 4) is 0 Å². The first kappa shape index (κ1) is 13.7. The Kier molecular flexibility index (Phi) is 5.07. The van der Waals surface area contributed by atoms with Crippen molar-refractivity contribution in [1.82, 2.24) is 10.6 Å². The summed E-state index contributed by atoms with van der Waals surface area (Å²) in [7, 11) is 4.13. The van der Waals surface area contributed by atoms with Gasteiger partial charge < -0.3 is 15.5 Å². The molecule has 1 aromatic rings. The van der Waals surface area contributed by atoms with Crippen LogP contribution in [0.4, 0.5) is 5.69 Å². The van der Waals surface area contributed by atoms with Gasteiger partial charge in [0.15, 0.2) is 5.96 Å². The number of hydrogen-bond acceptors (Lipinski definition) is 4. The van der Waals surface area contributed by atoms with Crippen LogP contribution in [-0.4, -0.2) is 39.7 Å². The van der Waals surface area contributed by atoms with Crippen LogP contribution in [0.3, 0.4) is 0 Å². The second-order valence-corrected chi connectivity index (χ2v) is 5.10. The molecule has 1 aromatic carbocycles. The van der Waals surface area contributed by atoms with E-state index >= 15 is 0 Å². The van der Waals surface area contributed by atoms with E-state index in [1.165, 1.54) is 11.3 Å². The number of aliphatic imine (C=N–C) groups is 1. The van der Waals surface area contributed by atoms with Gasteiger partial charge in [0.25, 0.3) is 0 Å². The van der Waals surface area contributed by atoms with Gasteiger partial charge in [-0.3, -0.25) is 4.99 Å². The Morgan fingerprint density at radius 3 is 2.68 bits per heavy atom. The minimum atomic E-state index is 0.946. The Morgan fingerprint density at radius 1 is 1.26 bits per heavy atom. The summed E-state index contributed by atoms with van der Waals surface area (Å²) in [5.74, 6) is 0.967. The van der Waals surface area contributed by atoms with E-state index in [0.717, 1.165) is 44.9 Å². The zero-order valence-corrected chi connectivity index (χ0v) is 11.9. The predicted molar refractivity (Wildman–Crippen MR) is 82.0 cm³/mol. The van der Waals surface area contributed by atoms with Crippen molar-refractivity contribution in [3.63, 3.8) is 0 Å². The highest BCUT2D eigenvalue weighted by Crippen LogP contribution is 2.13. The molecular formula is C15H24N4. The fraction of sp³-hybridized carbons (Fsp3) is 0.533. The van der Waals surface area contributed by atoms with Crippen molar-refractivity contribution >= 4 is 11.6 Å². The number of aryl methyl sites for hydroxylation is 1. The molecule has 2 rings (SSSR count). The molecule has 0 bridgehead atoms. The number of guanidine groups is 1. The maximum atomic E-state index is 4.39. The fourth-order valence-electron chi connectivity index (χ4n) is 2.11. The van der Waals surface area contributed by atoms with Crippen LogP contribution in [0.15, 0.2) is 29.3 Å². The third-order valence-corrected chi connectivity index (χ3v) is 3.28. The summed E-state index contributed by atoms with van der Waals surface area (Å²) in [5.41, 5.74) is 2.65. The summed E-state index contributed by atoms with van der Waals surface area (Å²) in [6, 6.07) is 8.78. The van der Waals surface area contributed by atoms with Gasteiger partial charge in [-0.1, -0.05) is 12.1 Å². The van der Waals surface area contributed by atoms with Gasteiger partial charge >= 0.3 is 0 Å². The molecule has 0 spiro atoms. The van der Waals surface area contributed by atoms with Gasteiger partial charge in [0.2, 0.25) is 0 Å². The van der Waals surface area contributed by atoms with Gasteiger partial charge in [0.05, 0.1) is 0 Å². The van der Waals surface area contributed by atoms with Crippen molar-refractivity contribution in [2.75, 3.05) is 38.6 Å². The lowest BCUT2D eigenvalue weighted by atomic mass is 10.1. The Labute approximate surface area is 115 Å². The Balaban J connectivity index is 1.69. The first-order valence-electron chi connectivity index (χ1n) is 7.04. The van der Waals surface area contributed by atoms with Crippen LogP contribution < -0.4 is 15.5 Å². The highest BCUT2D eigenvalue weighted by atomic mass is 15.2. The first-order chi connectivity index (χ1) is 9.25. The van der Waals surface area contributed by atoms with E-state index in [2.05, 4.69) is 58.9 Å². The molecule has 0 fully saturated rings. The van der Waals surface area contributed by atoms with Crippen molar-refractivity contribution in [2.45, 2.75) is 19.3 Å². The summed E-state index contributed by atoms with van der Waals surface area (Å²) < 4.78 is 0. The molecule has 0 saturated heterocycles. The van der Waals surface area contributed by atoms with Crippen LogP contribution in [0.5, 0.6) is 0 Å². The third kappa shape index (κ3) is 4.47. The predicted octanol–water partition coefficient (Wildman–Crippen LogP) is 1.62. The third-order valence-electron chi connectivity index (χ3n) is 3.28. The lowest BCUT2D eigenvalue weighted by Gasteiger charge is -2.16. The standard InChI is InChI=1S/C15H24N4/c1-19(2)14-8-6-13(7-9-14)5-3-10-16-15-17-11-4-12-18-15/h6-9H,3-5,10-12H2,1-2H3,(H2,16,17,18). The van der Waals surface area contributed by atoms with Gasteiger partial charge in [0, 0.05) is 39.4 Å². The molecule has 1 aliphatic rings. The van der Waals surface area contributed by atoms with Crippen molar-refractivity contribution in [1.29, 1.82) is 0 Å². The van der Waals surface area contributed by atoms with E-state index in [9.17, 15) is 0 Å². The van der Waals surface area contributed by atoms with E-state index in [1.807, 2.05) is 0 Å². The molecule has 1 aliphatic heterocycles. The molecule has 0 amide bonds. The van der Waals surface area contributed by atoms with Crippen molar-refractivity contribution in [3.05, 3.63) is 29.8 Å². The molecule has 19 heavy (non-hydrogen) atoms. The zero-order valence-electron chi connectivity index (χ0n) is 11.9. The van der Waals surface area contributed by atoms with Gasteiger partial charge in [-0.15, -0.1) is 0 Å². The largest absolute Gasteiger partial charge is 0.378 e. The lowest BCUT2D eigenvalue weighted by molar-refractivity contribution is 0.686. The number of hydrogen-bond donors (Lipinski definition) is 2. The SMILES string of the molecule is CN(C)c1ccc(CCCNC2=NCCCN2)cc1. The average molecular weight is 260 g/mol. The molecule has 0 aliphatic carbocycles. The summed E-state index contributed by atoms with van der Waals surface area (Å²) in [4.78, 5) is 6.52. The summed E-state index contributed by atoms with van der Waals surface area (Å²) in [6.45, 7) is 2.96. The molecule has 4 heteroatoms. The Hall–Kier alpha value is -1.71. The second-order valence-electron chi connectivity index (χ2n) is 5.10. The minimum absolute atomic E-state index is 0.946. The van der Waals surface area contributed by atoms with Crippen molar-refractivity contribution < 1.29 is 0 Å².